The topological polar surface area (TPSA) is 69.0 Å². The Bertz CT molecular complexity index is 1150. The number of nitrogens with zero attached hydrogens (tertiary/aromatic N) is 3. The maximum atomic E-state index is 11.0. The van der Waals surface area contributed by atoms with Crippen LogP contribution in [0, 0.1) is 0 Å². The molecule has 1 fully saturated rings. The van der Waals surface area contributed by atoms with Gasteiger partial charge in [0.1, 0.15) is 30.4 Å². The second-order valence-corrected chi connectivity index (χ2v) is 9.90. The Labute approximate surface area is 222 Å². The number of methoxy groups -OCH3 is 1. The number of aromatic nitrogens is 2. The number of rotatable bonds is 11. The largest absolute Gasteiger partial charge is 0.493 e. The first-order valence-electron chi connectivity index (χ1n) is 12.2. The SMILES string of the molecule is CCc1nccn1CCOc1cc(CN2CCC(O)(COc3ccc(Cl)c(Cl)c3)CC2)ccc1OC. The Morgan fingerprint density at radius 1 is 1.03 bits per heavy atom. The Morgan fingerprint density at radius 2 is 1.83 bits per heavy atom. The number of likely N-dealkylation sites (tertiary alicyclic amines) is 1. The van der Waals surface area contributed by atoms with Crippen LogP contribution in [0.5, 0.6) is 17.2 Å². The molecule has 36 heavy (non-hydrogen) atoms. The molecule has 1 saturated heterocycles. The van der Waals surface area contributed by atoms with E-state index in [0.29, 0.717) is 41.0 Å². The van der Waals surface area contributed by atoms with Crippen LogP contribution in [0.25, 0.3) is 0 Å². The van der Waals surface area contributed by atoms with Crippen molar-refractivity contribution in [3.8, 4) is 17.2 Å². The monoisotopic (exact) mass is 533 g/mol. The molecule has 0 aliphatic carbocycles. The standard InChI is InChI=1S/C27H33Cl2N3O4/c1-3-26-30-10-13-32(26)14-15-35-25-16-20(4-7-24(25)34-2)18-31-11-8-27(33,9-12-31)19-36-21-5-6-22(28)23(29)17-21/h4-7,10,13,16-17,33H,3,8-9,11-12,14-15,18-19H2,1-2H3. The maximum absolute atomic E-state index is 11.0. The highest BCUT2D eigenvalue weighted by Crippen LogP contribution is 2.31. The van der Waals surface area contributed by atoms with Gasteiger partial charge in [0.25, 0.3) is 0 Å². The summed E-state index contributed by atoms with van der Waals surface area (Å²) < 4.78 is 19.5. The second-order valence-electron chi connectivity index (χ2n) is 9.09. The minimum atomic E-state index is -0.874. The van der Waals surface area contributed by atoms with Crippen molar-refractivity contribution >= 4 is 23.2 Å². The van der Waals surface area contributed by atoms with E-state index in [2.05, 4.69) is 27.4 Å². The summed E-state index contributed by atoms with van der Waals surface area (Å²) in [6, 6.07) is 11.2. The zero-order chi connectivity index (χ0) is 25.5. The first-order chi connectivity index (χ1) is 17.4. The first kappa shape index (κ1) is 26.6. The van der Waals surface area contributed by atoms with Gasteiger partial charge in [-0.15, -0.1) is 0 Å². The molecule has 3 aromatic rings. The molecule has 0 unspecified atom stereocenters. The molecule has 4 rings (SSSR count). The van der Waals surface area contributed by atoms with Gasteiger partial charge in [0.05, 0.1) is 23.7 Å². The average Bonchev–Trinajstić information content (AvgIpc) is 3.34. The van der Waals surface area contributed by atoms with Crippen LogP contribution in [0.2, 0.25) is 10.0 Å². The Kier molecular flexibility index (Phi) is 9.01. The quantitative estimate of drug-likeness (QED) is 0.363. The van der Waals surface area contributed by atoms with Crippen LogP contribution in [-0.2, 0) is 19.5 Å². The normalized spacial score (nSPS) is 15.6. The van der Waals surface area contributed by atoms with E-state index in [-0.39, 0.29) is 6.61 Å². The van der Waals surface area contributed by atoms with Crippen LogP contribution in [0.1, 0.15) is 31.2 Å². The van der Waals surface area contributed by atoms with Gasteiger partial charge in [0.15, 0.2) is 11.5 Å². The minimum Gasteiger partial charge on any atom is -0.493 e. The molecular weight excluding hydrogens is 501 g/mol. The predicted molar refractivity (Wildman–Crippen MR) is 142 cm³/mol. The number of hydrogen-bond acceptors (Lipinski definition) is 6. The fraction of sp³-hybridized carbons (Fsp3) is 0.444. The van der Waals surface area contributed by atoms with E-state index < -0.39 is 5.60 Å². The lowest BCUT2D eigenvalue weighted by atomic mass is 9.92. The smallest absolute Gasteiger partial charge is 0.161 e. The van der Waals surface area contributed by atoms with Crippen LogP contribution in [0.15, 0.2) is 48.8 Å². The van der Waals surface area contributed by atoms with Crippen LogP contribution >= 0.6 is 23.2 Å². The van der Waals surface area contributed by atoms with E-state index in [0.717, 1.165) is 49.7 Å². The zero-order valence-electron chi connectivity index (χ0n) is 20.8. The van der Waals surface area contributed by atoms with Crippen molar-refractivity contribution in [2.75, 3.05) is 33.4 Å². The molecule has 1 aliphatic rings. The third-order valence-corrected chi connectivity index (χ3v) is 7.27. The van der Waals surface area contributed by atoms with Crippen LogP contribution in [0.3, 0.4) is 0 Å². The van der Waals surface area contributed by atoms with Gasteiger partial charge < -0.3 is 23.9 Å². The number of halogens is 2. The van der Waals surface area contributed by atoms with E-state index in [4.69, 9.17) is 37.4 Å². The molecule has 0 bridgehead atoms. The summed E-state index contributed by atoms with van der Waals surface area (Å²) in [6.07, 6.45) is 5.93. The van der Waals surface area contributed by atoms with Gasteiger partial charge in [-0.1, -0.05) is 36.2 Å². The summed E-state index contributed by atoms with van der Waals surface area (Å²) in [7, 11) is 1.65. The van der Waals surface area contributed by atoms with Gasteiger partial charge in [0, 0.05) is 44.5 Å². The summed E-state index contributed by atoms with van der Waals surface area (Å²) >= 11 is 12.0. The van der Waals surface area contributed by atoms with Crippen LogP contribution < -0.4 is 14.2 Å². The molecule has 0 atom stereocenters. The summed E-state index contributed by atoms with van der Waals surface area (Å²) in [5.74, 6) is 3.10. The molecule has 0 spiro atoms. The van der Waals surface area contributed by atoms with E-state index in [9.17, 15) is 5.11 Å². The molecule has 2 aromatic carbocycles. The molecule has 1 aliphatic heterocycles. The van der Waals surface area contributed by atoms with Gasteiger partial charge in [0.2, 0.25) is 0 Å². The molecule has 0 amide bonds. The number of aliphatic hydroxyl groups is 1. The van der Waals surface area contributed by atoms with Crippen molar-refractivity contribution in [1.29, 1.82) is 0 Å². The van der Waals surface area contributed by atoms with Crippen molar-refractivity contribution in [2.45, 2.75) is 44.9 Å². The molecule has 1 aromatic heterocycles. The lowest BCUT2D eigenvalue weighted by Gasteiger charge is -2.38. The fourth-order valence-corrected chi connectivity index (χ4v) is 4.65. The van der Waals surface area contributed by atoms with E-state index in [1.54, 1.807) is 25.3 Å². The number of imidazole rings is 1. The predicted octanol–water partition coefficient (Wildman–Crippen LogP) is 5.25. The van der Waals surface area contributed by atoms with Crippen molar-refractivity contribution in [3.63, 3.8) is 0 Å². The van der Waals surface area contributed by atoms with Gasteiger partial charge in [-0.2, -0.15) is 0 Å². The third-order valence-electron chi connectivity index (χ3n) is 6.53. The molecule has 1 N–H and O–H groups in total. The minimum absolute atomic E-state index is 0.218. The number of piperidine rings is 1. The molecular formula is C27H33Cl2N3O4. The van der Waals surface area contributed by atoms with Gasteiger partial charge in [-0.3, -0.25) is 4.90 Å². The summed E-state index contributed by atoms with van der Waals surface area (Å²) in [4.78, 5) is 6.69. The van der Waals surface area contributed by atoms with Crippen molar-refractivity contribution < 1.29 is 19.3 Å². The highest BCUT2D eigenvalue weighted by Gasteiger charge is 2.33. The average molecular weight is 534 g/mol. The maximum Gasteiger partial charge on any atom is 0.161 e. The summed E-state index contributed by atoms with van der Waals surface area (Å²) in [5.41, 5.74) is 0.265. The van der Waals surface area contributed by atoms with Crippen molar-refractivity contribution in [3.05, 3.63) is 70.2 Å². The summed E-state index contributed by atoms with van der Waals surface area (Å²) in [6.45, 7) is 5.87. The highest BCUT2D eigenvalue weighted by atomic mass is 35.5. The Morgan fingerprint density at radius 3 is 2.56 bits per heavy atom. The van der Waals surface area contributed by atoms with Gasteiger partial charge in [-0.25, -0.2) is 4.98 Å². The fourth-order valence-electron chi connectivity index (χ4n) is 4.36. The van der Waals surface area contributed by atoms with Crippen molar-refractivity contribution in [2.24, 2.45) is 0 Å². The Balaban J connectivity index is 1.28. The van der Waals surface area contributed by atoms with E-state index in [1.807, 2.05) is 24.5 Å². The van der Waals surface area contributed by atoms with Crippen molar-refractivity contribution in [1.82, 2.24) is 14.5 Å². The molecule has 0 saturated carbocycles. The van der Waals surface area contributed by atoms with Crippen LogP contribution in [-0.4, -0.2) is 58.6 Å². The first-order valence-corrected chi connectivity index (χ1v) is 13.0. The number of aryl methyl sites for hydroxylation is 1. The number of ether oxygens (including phenoxy) is 3. The molecule has 9 heteroatoms. The molecule has 194 valence electrons. The summed E-state index contributed by atoms with van der Waals surface area (Å²) in [5, 5.41) is 11.9. The second kappa shape index (κ2) is 12.2. The lowest BCUT2D eigenvalue weighted by molar-refractivity contribution is -0.0537. The number of hydrogen-bond donors (Lipinski definition) is 1. The molecule has 2 heterocycles. The van der Waals surface area contributed by atoms with E-state index in [1.165, 1.54) is 0 Å². The Hall–Kier alpha value is -2.45. The number of benzene rings is 2. The van der Waals surface area contributed by atoms with Gasteiger partial charge in [-0.05, 0) is 42.7 Å². The third kappa shape index (κ3) is 6.85. The van der Waals surface area contributed by atoms with Crippen LogP contribution in [0.4, 0.5) is 0 Å². The van der Waals surface area contributed by atoms with Gasteiger partial charge >= 0.3 is 0 Å². The molecule has 7 nitrogen and oxygen atoms in total. The zero-order valence-corrected chi connectivity index (χ0v) is 22.3. The molecule has 0 radical (unpaired) electrons. The lowest BCUT2D eigenvalue weighted by Crippen LogP contribution is -2.47. The highest BCUT2D eigenvalue weighted by molar-refractivity contribution is 6.42. The van der Waals surface area contributed by atoms with E-state index >= 15 is 0 Å².